The van der Waals surface area contributed by atoms with Gasteiger partial charge < -0.3 is 44.2 Å². The van der Waals surface area contributed by atoms with Crippen molar-refractivity contribution in [2.45, 2.75) is 5.92 Å². The molecule has 0 aromatic heterocycles. The predicted octanol–water partition coefficient (Wildman–Crippen LogP) is 3.49. The summed E-state index contributed by atoms with van der Waals surface area (Å²) in [6, 6.07) is 9.58. The minimum atomic E-state index is -0.492. The number of nitrogens with one attached hydrogen (secondary N) is 1. The van der Waals surface area contributed by atoms with E-state index in [0.717, 1.165) is 22.3 Å². The Kier molecular flexibility index (Phi) is 7.88. The van der Waals surface area contributed by atoms with Crippen LogP contribution in [0.3, 0.4) is 0 Å². The lowest BCUT2D eigenvalue weighted by Crippen LogP contribution is -2.34. The average Bonchev–Trinajstić information content (AvgIpc) is 2.95. The molecule has 10 nitrogen and oxygen atoms in total. The molecule has 1 unspecified atom stereocenters. The van der Waals surface area contributed by atoms with Gasteiger partial charge in [-0.2, -0.15) is 5.26 Å². The smallest absolute Gasteiger partial charge is 0.205 e. The molecule has 0 aliphatic carbocycles. The van der Waals surface area contributed by atoms with Crippen LogP contribution in [-0.4, -0.2) is 55.7 Å². The van der Waals surface area contributed by atoms with Crippen LogP contribution in [0, 0.1) is 11.3 Å². The van der Waals surface area contributed by atoms with Crippen molar-refractivity contribution < 1.29 is 33.2 Å². The first kappa shape index (κ1) is 26.6. The Morgan fingerprint density at radius 1 is 0.842 bits per heavy atom. The molecule has 0 saturated carbocycles. The number of nitrogens with two attached hydrogens (primary N) is 1. The minimum absolute atomic E-state index is 0.0442. The summed E-state index contributed by atoms with van der Waals surface area (Å²) in [6.45, 7) is 1.01. The molecule has 4 rings (SSSR count). The van der Waals surface area contributed by atoms with Crippen LogP contribution >= 0.6 is 0 Å². The van der Waals surface area contributed by atoms with Gasteiger partial charge in [-0.3, -0.25) is 0 Å². The van der Waals surface area contributed by atoms with Crippen LogP contribution in [0.2, 0.25) is 0 Å². The van der Waals surface area contributed by atoms with E-state index in [4.69, 9.17) is 38.9 Å². The number of nitriles is 1. The van der Waals surface area contributed by atoms with Gasteiger partial charge in [-0.15, -0.1) is 0 Å². The fourth-order valence-corrected chi connectivity index (χ4v) is 4.80. The van der Waals surface area contributed by atoms with E-state index in [-0.39, 0.29) is 5.88 Å². The monoisotopic (exact) mass is 521 g/mol. The average molecular weight is 522 g/mol. The summed E-state index contributed by atoms with van der Waals surface area (Å²) in [7, 11) is 9.33. The van der Waals surface area contributed by atoms with Gasteiger partial charge in [0, 0.05) is 18.7 Å². The van der Waals surface area contributed by atoms with Crippen molar-refractivity contribution in [2.24, 2.45) is 5.73 Å². The molecule has 2 heterocycles. The standard InChI is InChI=1S/C28H31N3O7/c1-32-20-8-15(9-21(33-2)26(20)36-5)7-17-13-31-14-19-24(18(12-29)28(30)38-25(17)19)16-10-22(34-3)27(37-6)23(11-16)35-4/h7-11,24,31H,13-14,30H2,1-6H3/b17-7+. The quantitative estimate of drug-likeness (QED) is 0.533. The van der Waals surface area contributed by atoms with Crippen molar-refractivity contribution in [1.82, 2.24) is 5.32 Å². The molecular weight excluding hydrogens is 490 g/mol. The molecule has 1 atom stereocenters. The van der Waals surface area contributed by atoms with Gasteiger partial charge in [0.1, 0.15) is 17.4 Å². The summed E-state index contributed by atoms with van der Waals surface area (Å²) < 4.78 is 39.1. The molecule has 10 heteroatoms. The van der Waals surface area contributed by atoms with Crippen LogP contribution in [0.1, 0.15) is 17.0 Å². The number of rotatable bonds is 8. The molecule has 0 amide bonds. The minimum Gasteiger partial charge on any atom is -0.493 e. The zero-order chi connectivity index (χ0) is 27.4. The molecule has 0 spiro atoms. The van der Waals surface area contributed by atoms with Crippen molar-refractivity contribution in [1.29, 1.82) is 5.26 Å². The van der Waals surface area contributed by atoms with Gasteiger partial charge in [-0.1, -0.05) is 0 Å². The Balaban J connectivity index is 1.89. The van der Waals surface area contributed by atoms with Gasteiger partial charge in [0.15, 0.2) is 23.0 Å². The van der Waals surface area contributed by atoms with Gasteiger partial charge in [-0.25, -0.2) is 0 Å². The molecule has 0 fully saturated rings. The highest BCUT2D eigenvalue weighted by Gasteiger charge is 2.36. The van der Waals surface area contributed by atoms with Gasteiger partial charge in [0.2, 0.25) is 17.4 Å². The molecule has 2 aromatic carbocycles. The number of hydrogen-bond acceptors (Lipinski definition) is 10. The second-order valence-corrected chi connectivity index (χ2v) is 8.47. The fraction of sp³-hybridized carbons (Fsp3) is 0.321. The summed E-state index contributed by atoms with van der Waals surface area (Å²) in [5.41, 5.74) is 9.88. The summed E-state index contributed by atoms with van der Waals surface area (Å²) >= 11 is 0. The molecule has 38 heavy (non-hydrogen) atoms. The molecule has 2 aliphatic rings. The van der Waals surface area contributed by atoms with Crippen molar-refractivity contribution in [3.63, 3.8) is 0 Å². The van der Waals surface area contributed by atoms with Gasteiger partial charge in [0.05, 0.1) is 48.6 Å². The van der Waals surface area contributed by atoms with Crippen LogP contribution in [0.15, 0.2) is 52.6 Å². The normalized spacial score (nSPS) is 17.8. The maximum Gasteiger partial charge on any atom is 0.205 e. The first-order valence-corrected chi connectivity index (χ1v) is 11.8. The lowest BCUT2D eigenvalue weighted by atomic mass is 9.80. The Labute approximate surface area is 221 Å². The first-order valence-electron chi connectivity index (χ1n) is 11.8. The highest BCUT2D eigenvalue weighted by Crippen LogP contribution is 2.47. The fourth-order valence-electron chi connectivity index (χ4n) is 4.80. The highest BCUT2D eigenvalue weighted by molar-refractivity contribution is 5.68. The number of methoxy groups -OCH3 is 6. The van der Waals surface area contributed by atoms with Crippen LogP contribution in [-0.2, 0) is 4.74 Å². The van der Waals surface area contributed by atoms with Crippen molar-refractivity contribution in [3.05, 3.63) is 63.8 Å². The summed E-state index contributed by atoms with van der Waals surface area (Å²) in [5, 5.41) is 13.5. The van der Waals surface area contributed by atoms with Crippen LogP contribution < -0.4 is 39.5 Å². The Hall–Kier alpha value is -4.49. The Morgan fingerprint density at radius 2 is 1.37 bits per heavy atom. The number of ether oxygens (including phenoxy) is 7. The third kappa shape index (κ3) is 4.64. The van der Waals surface area contributed by atoms with Crippen LogP contribution in [0.4, 0.5) is 0 Å². The third-order valence-corrected chi connectivity index (χ3v) is 6.50. The summed E-state index contributed by atoms with van der Waals surface area (Å²) in [6.07, 6.45) is 1.96. The topological polar surface area (TPSA) is 126 Å². The Morgan fingerprint density at radius 3 is 1.84 bits per heavy atom. The summed E-state index contributed by atoms with van der Waals surface area (Å²) in [4.78, 5) is 0. The number of benzene rings is 2. The lowest BCUT2D eigenvalue weighted by molar-refractivity contribution is 0.278. The van der Waals surface area contributed by atoms with Crippen LogP contribution in [0.5, 0.6) is 34.5 Å². The molecule has 0 bridgehead atoms. The predicted molar refractivity (Wildman–Crippen MR) is 141 cm³/mol. The van der Waals surface area contributed by atoms with Gasteiger partial charge in [-0.05, 0) is 47.0 Å². The molecular formula is C28H31N3O7. The molecule has 200 valence electrons. The number of hydrogen-bond donors (Lipinski definition) is 2. The number of nitrogens with zero attached hydrogens (tertiary/aromatic N) is 1. The van der Waals surface area contributed by atoms with Crippen molar-refractivity contribution in [2.75, 3.05) is 55.7 Å². The van der Waals surface area contributed by atoms with E-state index < -0.39 is 5.92 Å². The van der Waals surface area contributed by atoms with E-state index in [2.05, 4.69) is 11.4 Å². The van der Waals surface area contributed by atoms with E-state index in [1.807, 2.05) is 30.3 Å². The van der Waals surface area contributed by atoms with Crippen molar-refractivity contribution >= 4 is 6.08 Å². The number of allylic oxidation sites excluding steroid dienone is 1. The van der Waals surface area contributed by atoms with Crippen molar-refractivity contribution in [3.8, 4) is 40.6 Å². The second-order valence-electron chi connectivity index (χ2n) is 8.47. The van der Waals surface area contributed by atoms with Gasteiger partial charge >= 0.3 is 0 Å². The van der Waals surface area contributed by atoms with Crippen LogP contribution in [0.25, 0.3) is 6.08 Å². The molecule has 0 radical (unpaired) electrons. The summed E-state index contributed by atoms with van der Waals surface area (Å²) in [5.74, 6) is 3.13. The molecule has 2 aliphatic heterocycles. The van der Waals surface area contributed by atoms with E-state index in [0.29, 0.717) is 58.9 Å². The van der Waals surface area contributed by atoms with E-state index in [1.54, 1.807) is 42.7 Å². The first-order chi connectivity index (χ1) is 18.4. The maximum absolute atomic E-state index is 10.1. The molecule has 0 saturated heterocycles. The zero-order valence-corrected chi connectivity index (χ0v) is 22.3. The maximum atomic E-state index is 10.1. The Bertz CT molecular complexity index is 1320. The molecule has 3 N–H and O–H groups in total. The molecule has 2 aromatic rings. The second kappa shape index (κ2) is 11.3. The van der Waals surface area contributed by atoms with E-state index in [1.165, 1.54) is 0 Å². The lowest BCUT2D eigenvalue weighted by Gasteiger charge is -2.34. The largest absolute Gasteiger partial charge is 0.493 e. The van der Waals surface area contributed by atoms with E-state index in [9.17, 15) is 5.26 Å². The zero-order valence-electron chi connectivity index (χ0n) is 22.3. The van der Waals surface area contributed by atoms with E-state index >= 15 is 0 Å². The SMILES string of the molecule is COc1cc(/C=C2\CNCC3=C2OC(N)=C(C#N)C3c2cc(OC)c(OC)c(OC)c2)cc(OC)c1OC. The van der Waals surface area contributed by atoms with Gasteiger partial charge in [0.25, 0.3) is 0 Å². The highest BCUT2D eigenvalue weighted by atomic mass is 16.5. The third-order valence-electron chi connectivity index (χ3n) is 6.50.